The van der Waals surface area contributed by atoms with Crippen LogP contribution in [0.3, 0.4) is 0 Å². The van der Waals surface area contributed by atoms with Gasteiger partial charge < -0.3 is 0 Å². The zero-order chi connectivity index (χ0) is 18.0. The Morgan fingerprint density at radius 3 is 2.33 bits per heavy atom. The summed E-state index contributed by atoms with van der Waals surface area (Å²) in [6.07, 6.45) is 1.24. The SMILES string of the molecule is Cc1ncc(C(=O)NS(=O)(=O)CCS(=O)(=O)c2ccc(F)cc2)s1. The summed E-state index contributed by atoms with van der Waals surface area (Å²) in [5.74, 6) is -2.99. The molecule has 0 unspecified atom stereocenters. The molecule has 0 bridgehead atoms. The van der Waals surface area contributed by atoms with Gasteiger partial charge in [0, 0.05) is 0 Å². The summed E-state index contributed by atoms with van der Waals surface area (Å²) in [6, 6.07) is 4.04. The number of nitrogens with one attached hydrogen (secondary N) is 1. The van der Waals surface area contributed by atoms with Crippen LogP contribution in [-0.2, 0) is 19.9 Å². The number of sulfonamides is 1. The number of benzene rings is 1. The molecule has 1 heterocycles. The molecule has 2 rings (SSSR count). The van der Waals surface area contributed by atoms with E-state index in [1.807, 2.05) is 0 Å². The summed E-state index contributed by atoms with van der Waals surface area (Å²) in [5.41, 5.74) is 0. The minimum Gasteiger partial charge on any atom is -0.267 e. The summed E-state index contributed by atoms with van der Waals surface area (Å²) in [5, 5.41) is 0.594. The normalized spacial score (nSPS) is 12.1. The van der Waals surface area contributed by atoms with Crippen LogP contribution < -0.4 is 4.72 Å². The van der Waals surface area contributed by atoms with Crippen LogP contribution in [0.2, 0.25) is 0 Å². The number of hydrogen-bond donors (Lipinski definition) is 1. The second-order valence-corrected chi connectivity index (χ2v) is 9.95. The summed E-state index contributed by atoms with van der Waals surface area (Å²) in [6.45, 7) is 1.66. The van der Waals surface area contributed by atoms with Gasteiger partial charge in [0.1, 0.15) is 10.7 Å². The van der Waals surface area contributed by atoms with Crippen molar-refractivity contribution >= 4 is 37.1 Å². The molecule has 1 amide bonds. The lowest BCUT2D eigenvalue weighted by Crippen LogP contribution is -2.34. The first kappa shape index (κ1) is 18.5. The highest BCUT2D eigenvalue weighted by molar-refractivity contribution is 7.94. The molecule has 0 aliphatic rings. The fraction of sp³-hybridized carbons (Fsp3) is 0.231. The van der Waals surface area contributed by atoms with Gasteiger partial charge in [-0.25, -0.2) is 30.9 Å². The fourth-order valence-electron chi connectivity index (χ4n) is 1.69. The Labute approximate surface area is 142 Å². The van der Waals surface area contributed by atoms with E-state index in [1.54, 1.807) is 11.6 Å². The number of rotatable bonds is 6. The minimum absolute atomic E-state index is 0.109. The Morgan fingerprint density at radius 1 is 1.17 bits per heavy atom. The van der Waals surface area contributed by atoms with Crippen LogP contribution in [0.4, 0.5) is 4.39 Å². The van der Waals surface area contributed by atoms with Crippen molar-refractivity contribution in [3.05, 3.63) is 46.2 Å². The molecule has 0 atom stereocenters. The highest BCUT2D eigenvalue weighted by Crippen LogP contribution is 2.13. The van der Waals surface area contributed by atoms with Gasteiger partial charge in [0.25, 0.3) is 5.91 Å². The van der Waals surface area contributed by atoms with E-state index in [0.29, 0.717) is 5.01 Å². The number of halogens is 1. The number of thiazole rings is 1. The van der Waals surface area contributed by atoms with E-state index in [9.17, 15) is 26.0 Å². The molecule has 0 aliphatic heterocycles. The molecule has 1 aromatic carbocycles. The second-order valence-electron chi connectivity index (χ2n) is 4.77. The summed E-state index contributed by atoms with van der Waals surface area (Å²) >= 11 is 1.02. The van der Waals surface area contributed by atoms with Crippen molar-refractivity contribution in [1.29, 1.82) is 0 Å². The van der Waals surface area contributed by atoms with Crippen molar-refractivity contribution < 1.29 is 26.0 Å². The minimum atomic E-state index is -4.14. The standard InChI is InChI=1S/C13H13FN2O5S3/c1-9-15-8-12(22-9)13(17)16-24(20,21)7-6-23(18,19)11-4-2-10(14)3-5-11/h2-5,8H,6-7H2,1H3,(H,16,17). The van der Waals surface area contributed by atoms with Crippen molar-refractivity contribution in [2.75, 3.05) is 11.5 Å². The predicted molar refractivity (Wildman–Crippen MR) is 86.6 cm³/mol. The molecule has 130 valence electrons. The van der Waals surface area contributed by atoms with Crippen LogP contribution in [0, 0.1) is 12.7 Å². The molecular formula is C13H13FN2O5S3. The first-order valence-electron chi connectivity index (χ1n) is 6.55. The van der Waals surface area contributed by atoms with Gasteiger partial charge in [-0.05, 0) is 31.2 Å². The number of carbonyl (C=O) groups is 1. The number of carbonyl (C=O) groups excluding carboxylic acids is 1. The highest BCUT2D eigenvalue weighted by Gasteiger charge is 2.22. The van der Waals surface area contributed by atoms with Crippen LogP contribution >= 0.6 is 11.3 Å². The van der Waals surface area contributed by atoms with Gasteiger partial charge in [-0.1, -0.05) is 0 Å². The zero-order valence-corrected chi connectivity index (χ0v) is 14.8. The van der Waals surface area contributed by atoms with Crippen molar-refractivity contribution in [3.8, 4) is 0 Å². The van der Waals surface area contributed by atoms with E-state index in [-0.39, 0.29) is 9.77 Å². The van der Waals surface area contributed by atoms with Crippen LogP contribution in [0.5, 0.6) is 0 Å². The quantitative estimate of drug-likeness (QED) is 0.738. The second kappa shape index (κ2) is 6.95. The Balaban J connectivity index is 2.04. The molecule has 1 aromatic heterocycles. The maximum absolute atomic E-state index is 12.8. The molecule has 7 nitrogen and oxygen atoms in total. The molecule has 0 spiro atoms. The van der Waals surface area contributed by atoms with Crippen molar-refractivity contribution in [2.24, 2.45) is 0 Å². The predicted octanol–water partition coefficient (Wildman–Crippen LogP) is 1.12. The third kappa shape index (κ3) is 4.82. The number of nitrogens with zero attached hydrogens (tertiary/aromatic N) is 1. The molecule has 11 heteroatoms. The smallest absolute Gasteiger partial charge is 0.267 e. The molecule has 0 radical (unpaired) electrons. The van der Waals surface area contributed by atoms with Crippen molar-refractivity contribution in [2.45, 2.75) is 11.8 Å². The zero-order valence-electron chi connectivity index (χ0n) is 12.4. The van der Waals surface area contributed by atoms with E-state index in [4.69, 9.17) is 0 Å². The van der Waals surface area contributed by atoms with E-state index in [2.05, 4.69) is 4.98 Å². The van der Waals surface area contributed by atoms with E-state index in [0.717, 1.165) is 35.6 Å². The van der Waals surface area contributed by atoms with Crippen LogP contribution in [-0.4, -0.2) is 39.2 Å². The molecule has 1 N–H and O–H groups in total. The average molecular weight is 392 g/mol. The molecule has 0 fully saturated rings. The lowest BCUT2D eigenvalue weighted by atomic mass is 10.4. The lowest BCUT2D eigenvalue weighted by Gasteiger charge is -2.07. The number of aryl methyl sites for hydroxylation is 1. The number of aromatic nitrogens is 1. The van der Waals surface area contributed by atoms with Crippen molar-refractivity contribution in [1.82, 2.24) is 9.71 Å². The van der Waals surface area contributed by atoms with Gasteiger partial charge in [-0.3, -0.25) is 4.79 Å². The van der Waals surface area contributed by atoms with Gasteiger partial charge in [0.15, 0.2) is 9.84 Å². The molecule has 0 saturated carbocycles. The monoisotopic (exact) mass is 392 g/mol. The Bertz CT molecular complexity index is 950. The van der Waals surface area contributed by atoms with Crippen LogP contribution in [0.15, 0.2) is 35.4 Å². The molecular weight excluding hydrogens is 379 g/mol. The number of sulfone groups is 1. The van der Waals surface area contributed by atoms with E-state index < -0.39 is 43.1 Å². The van der Waals surface area contributed by atoms with E-state index in [1.165, 1.54) is 6.20 Å². The summed E-state index contributed by atoms with van der Waals surface area (Å²) < 4.78 is 62.5. The third-order valence-electron chi connectivity index (χ3n) is 2.89. The molecule has 2 aromatic rings. The van der Waals surface area contributed by atoms with Gasteiger partial charge in [0.2, 0.25) is 10.0 Å². The molecule has 0 aliphatic carbocycles. The van der Waals surface area contributed by atoms with Gasteiger partial charge in [-0.15, -0.1) is 11.3 Å². The van der Waals surface area contributed by atoms with Crippen LogP contribution in [0.1, 0.15) is 14.7 Å². The first-order valence-corrected chi connectivity index (χ1v) is 10.7. The Morgan fingerprint density at radius 2 is 1.79 bits per heavy atom. The topological polar surface area (TPSA) is 110 Å². The lowest BCUT2D eigenvalue weighted by molar-refractivity contribution is 0.0985. The van der Waals surface area contributed by atoms with Gasteiger partial charge in [-0.2, -0.15) is 0 Å². The first-order chi connectivity index (χ1) is 11.1. The maximum Gasteiger partial charge on any atom is 0.276 e. The molecule has 0 saturated heterocycles. The number of amides is 1. The largest absolute Gasteiger partial charge is 0.276 e. The van der Waals surface area contributed by atoms with Crippen LogP contribution in [0.25, 0.3) is 0 Å². The van der Waals surface area contributed by atoms with Gasteiger partial charge >= 0.3 is 0 Å². The van der Waals surface area contributed by atoms with Crippen molar-refractivity contribution in [3.63, 3.8) is 0 Å². The fourth-order valence-corrected chi connectivity index (χ4v) is 5.46. The highest BCUT2D eigenvalue weighted by atomic mass is 32.2. The maximum atomic E-state index is 12.8. The van der Waals surface area contributed by atoms with E-state index >= 15 is 0 Å². The third-order valence-corrected chi connectivity index (χ3v) is 7.03. The average Bonchev–Trinajstić information content (AvgIpc) is 2.92. The Kier molecular flexibility index (Phi) is 5.35. The van der Waals surface area contributed by atoms with Gasteiger partial charge in [0.05, 0.1) is 27.6 Å². The summed E-state index contributed by atoms with van der Waals surface area (Å²) in [4.78, 5) is 15.5. The molecule has 24 heavy (non-hydrogen) atoms. The summed E-state index contributed by atoms with van der Waals surface area (Å²) in [7, 11) is -8.06. The number of hydrogen-bond acceptors (Lipinski definition) is 7. The Hall–Kier alpha value is -1.85.